The molecule has 0 saturated carbocycles. The van der Waals surface area contributed by atoms with Gasteiger partial charge in [-0.25, -0.2) is 18.3 Å². The van der Waals surface area contributed by atoms with E-state index in [1.807, 2.05) is 29.2 Å². The van der Waals surface area contributed by atoms with Crippen LogP contribution < -0.4 is 15.0 Å². The number of halogens is 2. The number of hydrogen-bond donors (Lipinski definition) is 1. The Balaban J connectivity index is 1.45. The minimum atomic E-state index is -2.66. The fourth-order valence-electron chi connectivity index (χ4n) is 4.08. The Hall–Kier alpha value is -4.08. The van der Waals surface area contributed by atoms with Crippen LogP contribution >= 0.6 is 0 Å². The lowest BCUT2D eigenvalue weighted by Crippen LogP contribution is -2.39. The number of nitrogens with one attached hydrogen (secondary N) is 1. The number of carbonyl (C=O) groups is 1. The van der Waals surface area contributed by atoms with Crippen LogP contribution in [0.4, 0.5) is 20.2 Å². The molecular formula is C24H22F2N6O2. The smallest absolute Gasteiger partial charge is 0.259 e. The molecule has 1 aliphatic rings. The number of ether oxygens (including phenoxy) is 1. The third kappa shape index (κ3) is 4.14. The second-order valence-corrected chi connectivity index (χ2v) is 8.03. The molecule has 1 saturated heterocycles. The first-order valence-corrected chi connectivity index (χ1v) is 10.8. The van der Waals surface area contributed by atoms with Gasteiger partial charge in [-0.05, 0) is 24.3 Å². The molecule has 8 nitrogen and oxygen atoms in total. The van der Waals surface area contributed by atoms with Crippen LogP contribution in [0.15, 0.2) is 61.2 Å². The van der Waals surface area contributed by atoms with E-state index in [4.69, 9.17) is 4.74 Å². The summed E-state index contributed by atoms with van der Waals surface area (Å²) >= 11 is 0. The van der Waals surface area contributed by atoms with E-state index >= 15 is 0 Å². The molecular weight excluding hydrogens is 442 g/mol. The first kappa shape index (κ1) is 21.7. The summed E-state index contributed by atoms with van der Waals surface area (Å²) in [4.78, 5) is 23.8. The molecule has 10 heteroatoms. The molecule has 4 heterocycles. The number of hydrogen-bond acceptors (Lipinski definition) is 6. The maximum Gasteiger partial charge on any atom is 0.259 e. The largest absolute Gasteiger partial charge is 0.496 e. The van der Waals surface area contributed by atoms with Crippen molar-refractivity contribution in [2.24, 2.45) is 0 Å². The number of pyridine rings is 1. The average Bonchev–Trinajstić information content (AvgIpc) is 3.29. The zero-order chi connectivity index (χ0) is 23.7. The standard InChI is InChI=1S/C24H22F2N6O2/c1-34-21-5-3-2-4-16(21)19-15-32-22(29-19)17(6-11-28-32)23(33)30-18-14-27-10-7-20(18)31-12-8-24(25,26)9-13-31/h2-7,10-11,14-15H,8-9,12-13H2,1H3,(H,30,33). The normalized spacial score (nSPS) is 15.3. The van der Waals surface area contributed by atoms with Gasteiger partial charge in [0, 0.05) is 43.9 Å². The maximum absolute atomic E-state index is 13.6. The zero-order valence-corrected chi connectivity index (χ0v) is 18.4. The molecule has 0 radical (unpaired) electrons. The average molecular weight is 464 g/mol. The number of fused-ring (bicyclic) bond motifs is 1. The molecule has 1 aliphatic heterocycles. The highest BCUT2D eigenvalue weighted by Crippen LogP contribution is 2.34. The topological polar surface area (TPSA) is 84.7 Å². The summed E-state index contributed by atoms with van der Waals surface area (Å²) < 4.78 is 34.2. The molecule has 1 amide bonds. The minimum absolute atomic E-state index is 0.196. The van der Waals surface area contributed by atoms with E-state index < -0.39 is 11.8 Å². The van der Waals surface area contributed by atoms with Crippen molar-refractivity contribution in [3.05, 3.63) is 66.7 Å². The number of aromatic nitrogens is 4. The molecule has 5 rings (SSSR count). The predicted octanol–water partition coefficient (Wildman–Crippen LogP) is 4.29. The maximum atomic E-state index is 13.6. The molecule has 1 aromatic carbocycles. The number of anilines is 2. The van der Waals surface area contributed by atoms with Gasteiger partial charge >= 0.3 is 0 Å². The van der Waals surface area contributed by atoms with E-state index in [1.165, 1.54) is 16.9 Å². The number of nitrogens with zero attached hydrogens (tertiary/aromatic N) is 5. The highest BCUT2D eigenvalue weighted by atomic mass is 19.3. The van der Waals surface area contributed by atoms with Crippen LogP contribution in [0.2, 0.25) is 0 Å². The molecule has 4 aromatic rings. The van der Waals surface area contributed by atoms with Gasteiger partial charge in [0.05, 0.1) is 42.1 Å². The molecule has 34 heavy (non-hydrogen) atoms. The predicted molar refractivity (Wildman–Crippen MR) is 124 cm³/mol. The lowest BCUT2D eigenvalue weighted by Gasteiger charge is -2.34. The Morgan fingerprint density at radius 3 is 2.71 bits per heavy atom. The fraction of sp³-hybridized carbons (Fsp3) is 0.250. The Morgan fingerprint density at radius 2 is 1.91 bits per heavy atom. The Kier molecular flexibility index (Phi) is 5.56. The summed E-state index contributed by atoms with van der Waals surface area (Å²) in [7, 11) is 1.58. The highest BCUT2D eigenvalue weighted by molar-refractivity contribution is 6.09. The number of rotatable bonds is 5. The molecule has 1 fully saturated rings. The van der Waals surface area contributed by atoms with Crippen molar-refractivity contribution in [2.75, 3.05) is 30.4 Å². The highest BCUT2D eigenvalue weighted by Gasteiger charge is 2.34. The number of piperidine rings is 1. The van der Waals surface area contributed by atoms with Crippen LogP contribution in [-0.4, -0.2) is 51.6 Å². The van der Waals surface area contributed by atoms with E-state index in [9.17, 15) is 13.6 Å². The Morgan fingerprint density at radius 1 is 1.12 bits per heavy atom. The fourth-order valence-corrected chi connectivity index (χ4v) is 4.08. The van der Waals surface area contributed by atoms with Crippen LogP contribution in [0.1, 0.15) is 23.2 Å². The molecule has 0 atom stereocenters. The van der Waals surface area contributed by atoms with Gasteiger partial charge < -0.3 is 15.0 Å². The number of alkyl halides is 2. The van der Waals surface area contributed by atoms with E-state index in [-0.39, 0.29) is 25.9 Å². The minimum Gasteiger partial charge on any atom is -0.496 e. The molecule has 0 aliphatic carbocycles. The SMILES string of the molecule is COc1ccccc1-c1cn2nccc(C(=O)Nc3cnccc3N3CCC(F)(F)CC3)c2n1. The van der Waals surface area contributed by atoms with Gasteiger partial charge in [-0.2, -0.15) is 5.10 Å². The summed E-state index contributed by atoms with van der Waals surface area (Å²) in [5.41, 5.74) is 3.19. The summed E-state index contributed by atoms with van der Waals surface area (Å²) in [6.45, 7) is 0.393. The van der Waals surface area contributed by atoms with Crippen LogP contribution in [0.25, 0.3) is 16.9 Å². The number of methoxy groups -OCH3 is 1. The number of amides is 1. The van der Waals surface area contributed by atoms with Crippen molar-refractivity contribution in [1.29, 1.82) is 0 Å². The van der Waals surface area contributed by atoms with E-state index in [0.29, 0.717) is 34.0 Å². The number of imidazole rings is 1. The quantitative estimate of drug-likeness (QED) is 0.475. The summed E-state index contributed by atoms with van der Waals surface area (Å²) in [5, 5.41) is 7.15. The van der Waals surface area contributed by atoms with Crippen molar-refractivity contribution in [2.45, 2.75) is 18.8 Å². The number of carbonyl (C=O) groups excluding carboxylic acids is 1. The molecule has 1 N–H and O–H groups in total. The Labute approximate surface area is 194 Å². The second kappa shape index (κ2) is 8.69. The van der Waals surface area contributed by atoms with Crippen LogP contribution in [0, 0.1) is 0 Å². The van der Waals surface area contributed by atoms with Crippen LogP contribution in [0.3, 0.4) is 0 Å². The van der Waals surface area contributed by atoms with Gasteiger partial charge in [0.15, 0.2) is 5.65 Å². The van der Waals surface area contributed by atoms with Gasteiger partial charge in [0.1, 0.15) is 5.75 Å². The third-order valence-corrected chi connectivity index (χ3v) is 5.87. The van der Waals surface area contributed by atoms with Crippen molar-refractivity contribution >= 4 is 22.9 Å². The van der Waals surface area contributed by atoms with Gasteiger partial charge in [-0.1, -0.05) is 12.1 Å². The monoisotopic (exact) mass is 464 g/mol. The number of benzene rings is 1. The van der Waals surface area contributed by atoms with E-state index in [0.717, 1.165) is 5.56 Å². The third-order valence-electron chi connectivity index (χ3n) is 5.87. The van der Waals surface area contributed by atoms with Crippen LogP contribution in [-0.2, 0) is 0 Å². The Bertz CT molecular complexity index is 1350. The molecule has 0 bridgehead atoms. The summed E-state index contributed by atoms with van der Waals surface area (Å²) in [5.74, 6) is -2.40. The van der Waals surface area contributed by atoms with Crippen molar-refractivity contribution in [3.63, 3.8) is 0 Å². The zero-order valence-electron chi connectivity index (χ0n) is 18.4. The van der Waals surface area contributed by atoms with Gasteiger partial charge in [0.2, 0.25) is 0 Å². The molecule has 0 spiro atoms. The van der Waals surface area contributed by atoms with Crippen molar-refractivity contribution < 1.29 is 18.3 Å². The van der Waals surface area contributed by atoms with E-state index in [2.05, 4.69) is 20.4 Å². The van der Waals surface area contributed by atoms with Crippen molar-refractivity contribution in [3.8, 4) is 17.0 Å². The van der Waals surface area contributed by atoms with Crippen LogP contribution in [0.5, 0.6) is 5.75 Å². The van der Waals surface area contributed by atoms with Gasteiger partial charge in [0.25, 0.3) is 11.8 Å². The van der Waals surface area contributed by atoms with Gasteiger partial charge in [-0.15, -0.1) is 0 Å². The van der Waals surface area contributed by atoms with Crippen molar-refractivity contribution in [1.82, 2.24) is 19.6 Å². The second-order valence-electron chi connectivity index (χ2n) is 8.03. The van der Waals surface area contributed by atoms with Gasteiger partial charge in [-0.3, -0.25) is 9.78 Å². The lowest BCUT2D eigenvalue weighted by molar-refractivity contribution is -0.0220. The molecule has 0 unspecified atom stereocenters. The van der Waals surface area contributed by atoms with E-state index in [1.54, 1.807) is 31.6 Å². The first-order valence-electron chi connectivity index (χ1n) is 10.8. The first-order chi connectivity index (χ1) is 16.4. The number of para-hydroxylation sites is 1. The summed E-state index contributed by atoms with van der Waals surface area (Å²) in [6.07, 6.45) is 5.89. The molecule has 3 aromatic heterocycles. The molecule has 174 valence electrons. The summed E-state index contributed by atoms with van der Waals surface area (Å²) in [6, 6.07) is 10.8. The lowest BCUT2D eigenvalue weighted by atomic mass is 10.1.